The molecule has 1 aromatic rings. The highest BCUT2D eigenvalue weighted by Gasteiger charge is 2.57. The number of likely N-dealkylation sites (tertiary alicyclic amines) is 2. The van der Waals surface area contributed by atoms with Crippen molar-refractivity contribution in [1.82, 2.24) is 14.4 Å². The Morgan fingerprint density at radius 1 is 1.09 bits per heavy atom. The Morgan fingerprint density at radius 2 is 1.88 bits per heavy atom. The molecule has 7 nitrogen and oxygen atoms in total. The van der Waals surface area contributed by atoms with Gasteiger partial charge in [0.25, 0.3) is 5.56 Å². The first-order chi connectivity index (χ1) is 15.5. The topological polar surface area (TPSA) is 82.9 Å². The number of carbonyl (C=O) groups is 2. The Hall–Kier alpha value is -2.41. The maximum absolute atomic E-state index is 13.5. The summed E-state index contributed by atoms with van der Waals surface area (Å²) in [6.45, 7) is 3.19. The molecule has 0 aromatic carbocycles. The van der Waals surface area contributed by atoms with Crippen molar-refractivity contribution in [1.29, 1.82) is 0 Å². The zero-order chi connectivity index (χ0) is 22.4. The van der Waals surface area contributed by atoms with Gasteiger partial charge in [-0.2, -0.15) is 0 Å². The molecule has 1 aliphatic carbocycles. The monoisotopic (exact) mass is 439 g/mol. The molecule has 4 heterocycles. The average molecular weight is 440 g/mol. The summed E-state index contributed by atoms with van der Waals surface area (Å²) in [5.74, 6) is -0.724. The van der Waals surface area contributed by atoms with Gasteiger partial charge in [-0.3, -0.25) is 14.4 Å². The number of nitrogens with zero attached hydrogens (tertiary/aromatic N) is 3. The van der Waals surface area contributed by atoms with E-state index in [9.17, 15) is 19.5 Å². The summed E-state index contributed by atoms with van der Waals surface area (Å²) in [6, 6.07) is 2.87. The van der Waals surface area contributed by atoms with E-state index in [-0.39, 0.29) is 41.9 Å². The van der Waals surface area contributed by atoms with E-state index in [4.69, 9.17) is 0 Å². The third kappa shape index (κ3) is 3.33. The number of aliphatic hydroxyl groups is 1. The van der Waals surface area contributed by atoms with E-state index in [1.165, 1.54) is 6.92 Å². The summed E-state index contributed by atoms with van der Waals surface area (Å²) in [6.07, 6.45) is 9.45. The molecule has 0 spiro atoms. The van der Waals surface area contributed by atoms with Crippen LogP contribution in [0.25, 0.3) is 5.57 Å². The van der Waals surface area contributed by atoms with Crippen LogP contribution in [0.1, 0.15) is 69.2 Å². The molecule has 2 saturated heterocycles. The van der Waals surface area contributed by atoms with E-state index in [2.05, 4.69) is 6.08 Å². The number of allylic oxidation sites excluding steroid dienone is 2. The lowest BCUT2D eigenvalue weighted by Gasteiger charge is -2.35. The zero-order valence-corrected chi connectivity index (χ0v) is 18.8. The maximum atomic E-state index is 13.5. The summed E-state index contributed by atoms with van der Waals surface area (Å²) < 4.78 is 1.79. The van der Waals surface area contributed by atoms with Gasteiger partial charge < -0.3 is 19.5 Å². The molecule has 7 heteroatoms. The number of fused-ring (bicyclic) bond motifs is 3. The van der Waals surface area contributed by atoms with Crippen LogP contribution in [-0.4, -0.2) is 57.0 Å². The third-order valence-corrected chi connectivity index (χ3v) is 8.00. The van der Waals surface area contributed by atoms with Gasteiger partial charge in [-0.1, -0.05) is 6.08 Å². The molecular formula is C25H33N3O4. The fourth-order valence-electron chi connectivity index (χ4n) is 6.46. The predicted molar refractivity (Wildman–Crippen MR) is 121 cm³/mol. The van der Waals surface area contributed by atoms with Crippen LogP contribution in [0.5, 0.6) is 0 Å². The number of aliphatic hydroxyl groups excluding tert-OH is 1. The highest BCUT2D eigenvalue weighted by atomic mass is 16.3. The lowest BCUT2D eigenvalue weighted by molar-refractivity contribution is -0.146. The second kappa shape index (κ2) is 8.50. The fourth-order valence-corrected chi connectivity index (χ4v) is 6.46. The minimum atomic E-state index is -0.657. The van der Waals surface area contributed by atoms with Gasteiger partial charge in [0.1, 0.15) is 6.04 Å². The first-order valence-corrected chi connectivity index (χ1v) is 12.1. The van der Waals surface area contributed by atoms with Gasteiger partial charge in [0.05, 0.1) is 6.04 Å². The van der Waals surface area contributed by atoms with Gasteiger partial charge in [0.15, 0.2) is 0 Å². The standard InChI is InChI=1S/C25H33N3O4/c1-16(30)28-22-19(20(15-29)23(28)25(32)26-12-6-3-7-13-26)14-27-21(22)11-10-18(24(27)31)17-8-4-2-5-9-17/h8,10-11,19-20,22-23,29H,2-7,9,12-15H2,1H3/t19-,20-,22+,23-/m1/s1. The van der Waals surface area contributed by atoms with Gasteiger partial charge >= 0.3 is 0 Å². The molecular weight excluding hydrogens is 406 g/mol. The maximum Gasteiger partial charge on any atom is 0.258 e. The second-order valence-electron chi connectivity index (χ2n) is 9.77. The Bertz CT molecular complexity index is 1010. The summed E-state index contributed by atoms with van der Waals surface area (Å²) >= 11 is 0. The van der Waals surface area contributed by atoms with Crippen LogP contribution >= 0.6 is 0 Å². The number of aromatic nitrogens is 1. The van der Waals surface area contributed by atoms with E-state index in [0.29, 0.717) is 19.6 Å². The quantitative estimate of drug-likeness (QED) is 0.784. The van der Waals surface area contributed by atoms with E-state index in [0.717, 1.165) is 61.8 Å². The Balaban J connectivity index is 1.53. The molecule has 32 heavy (non-hydrogen) atoms. The first kappa shape index (κ1) is 21.4. The number of pyridine rings is 1. The van der Waals surface area contributed by atoms with Crippen LogP contribution in [0.15, 0.2) is 23.0 Å². The summed E-state index contributed by atoms with van der Waals surface area (Å²) in [4.78, 5) is 43.3. The van der Waals surface area contributed by atoms with E-state index < -0.39 is 6.04 Å². The molecule has 0 radical (unpaired) electrons. The van der Waals surface area contributed by atoms with Crippen molar-refractivity contribution in [2.75, 3.05) is 19.7 Å². The highest BCUT2D eigenvalue weighted by molar-refractivity contribution is 5.88. The molecule has 4 atom stereocenters. The average Bonchev–Trinajstić information content (AvgIpc) is 3.35. The number of rotatable bonds is 3. The van der Waals surface area contributed by atoms with Crippen LogP contribution in [0.4, 0.5) is 0 Å². The van der Waals surface area contributed by atoms with Gasteiger partial charge in [0, 0.05) is 56.3 Å². The van der Waals surface area contributed by atoms with E-state index >= 15 is 0 Å². The largest absolute Gasteiger partial charge is 0.396 e. The molecule has 3 aliphatic heterocycles. The zero-order valence-electron chi connectivity index (χ0n) is 18.8. The summed E-state index contributed by atoms with van der Waals surface area (Å²) in [5.41, 5.74) is 2.66. The van der Waals surface area contributed by atoms with Crippen LogP contribution in [0.3, 0.4) is 0 Å². The normalized spacial score (nSPS) is 29.5. The lowest BCUT2D eigenvalue weighted by Crippen LogP contribution is -2.52. The second-order valence-corrected chi connectivity index (χ2v) is 9.77. The lowest BCUT2D eigenvalue weighted by atomic mass is 9.88. The van der Waals surface area contributed by atoms with Crippen molar-refractivity contribution < 1.29 is 14.7 Å². The molecule has 0 unspecified atom stereocenters. The van der Waals surface area contributed by atoms with Crippen molar-refractivity contribution in [3.63, 3.8) is 0 Å². The van der Waals surface area contributed by atoms with Crippen LogP contribution < -0.4 is 5.56 Å². The van der Waals surface area contributed by atoms with Crippen molar-refractivity contribution in [3.05, 3.63) is 39.8 Å². The Morgan fingerprint density at radius 3 is 2.53 bits per heavy atom. The molecule has 4 aliphatic rings. The third-order valence-electron chi connectivity index (χ3n) is 8.00. The first-order valence-electron chi connectivity index (χ1n) is 12.1. The van der Waals surface area contributed by atoms with Gasteiger partial charge in [-0.25, -0.2) is 0 Å². The van der Waals surface area contributed by atoms with Crippen molar-refractivity contribution >= 4 is 17.4 Å². The van der Waals surface area contributed by atoms with E-state index in [1.54, 1.807) is 9.47 Å². The number of piperidine rings is 1. The van der Waals surface area contributed by atoms with Gasteiger partial charge in [-0.05, 0) is 62.7 Å². The number of hydrogen-bond donors (Lipinski definition) is 1. The highest BCUT2D eigenvalue weighted by Crippen LogP contribution is 2.49. The summed E-state index contributed by atoms with van der Waals surface area (Å²) in [5, 5.41) is 10.3. The number of amides is 2. The Kier molecular flexibility index (Phi) is 5.70. The van der Waals surface area contributed by atoms with Gasteiger partial charge in [0.2, 0.25) is 11.8 Å². The number of hydrogen-bond acceptors (Lipinski definition) is 4. The van der Waals surface area contributed by atoms with Crippen molar-refractivity contribution in [3.8, 4) is 0 Å². The molecule has 5 rings (SSSR count). The fraction of sp³-hybridized carbons (Fsp3) is 0.640. The summed E-state index contributed by atoms with van der Waals surface area (Å²) in [7, 11) is 0. The SMILES string of the molecule is CC(=O)N1[C@@H]2c3ccc(C4=CCCCC4)c(=O)n3C[C@@H]2[C@@H](CO)[C@@H]1C(=O)N1CCCCC1. The predicted octanol–water partition coefficient (Wildman–Crippen LogP) is 2.33. The Labute approximate surface area is 188 Å². The molecule has 0 bridgehead atoms. The molecule has 2 fully saturated rings. The van der Waals surface area contributed by atoms with Crippen LogP contribution in [0.2, 0.25) is 0 Å². The van der Waals surface area contributed by atoms with Crippen molar-refractivity contribution in [2.45, 2.75) is 70.5 Å². The molecule has 2 amide bonds. The van der Waals surface area contributed by atoms with Crippen LogP contribution in [0, 0.1) is 11.8 Å². The molecule has 1 aromatic heterocycles. The molecule has 0 saturated carbocycles. The minimum Gasteiger partial charge on any atom is -0.396 e. The molecule has 172 valence electrons. The van der Waals surface area contributed by atoms with Gasteiger partial charge in [-0.15, -0.1) is 0 Å². The van der Waals surface area contributed by atoms with Crippen molar-refractivity contribution in [2.24, 2.45) is 11.8 Å². The molecule has 1 N–H and O–H groups in total. The smallest absolute Gasteiger partial charge is 0.258 e. The van der Waals surface area contributed by atoms with Crippen LogP contribution in [-0.2, 0) is 16.1 Å². The van der Waals surface area contributed by atoms with E-state index in [1.807, 2.05) is 17.0 Å². The number of carbonyl (C=O) groups excluding carboxylic acids is 2. The minimum absolute atomic E-state index is 0.0100.